The number of hydrogen-bond acceptors (Lipinski definition) is 11. The molecule has 5 aromatic rings. The molecule has 1 fully saturated rings. The molecule has 76 heavy (non-hydrogen) atoms. The van der Waals surface area contributed by atoms with Crippen molar-refractivity contribution in [1.82, 2.24) is 34.9 Å². The minimum absolute atomic E-state index is 0.0206. The largest absolute Gasteiger partial charge is 0.618 e. The first-order valence-electron chi connectivity index (χ1n) is 24.8. The molecule has 3 heterocycles. The van der Waals surface area contributed by atoms with E-state index in [-0.39, 0.29) is 67.7 Å². The van der Waals surface area contributed by atoms with Crippen LogP contribution >= 0.6 is 23.2 Å². The lowest BCUT2D eigenvalue weighted by atomic mass is 9.80. The average Bonchev–Trinajstić information content (AvgIpc) is 3.72. The maximum Gasteiger partial charge on any atom is 0.410 e. The molecule has 2 aromatic heterocycles. The Morgan fingerprint density at radius 2 is 1.71 bits per heavy atom. The van der Waals surface area contributed by atoms with Crippen LogP contribution in [0.3, 0.4) is 0 Å². The van der Waals surface area contributed by atoms with Gasteiger partial charge in [0.1, 0.15) is 34.8 Å². The number of pyridine rings is 1. The van der Waals surface area contributed by atoms with Gasteiger partial charge in [0.2, 0.25) is 17.7 Å². The van der Waals surface area contributed by atoms with Gasteiger partial charge in [0, 0.05) is 94.5 Å². The minimum Gasteiger partial charge on any atom is -0.618 e. The quantitative estimate of drug-likeness (QED) is 0.0478. The Morgan fingerprint density at radius 1 is 1.01 bits per heavy atom. The van der Waals surface area contributed by atoms with Crippen LogP contribution in [0.25, 0.3) is 11.3 Å². The van der Waals surface area contributed by atoms with E-state index in [0.717, 1.165) is 22.9 Å². The number of aromatic nitrogens is 3. The van der Waals surface area contributed by atoms with E-state index in [1.54, 1.807) is 102 Å². The Kier molecular flexibility index (Phi) is 19.5. The summed E-state index contributed by atoms with van der Waals surface area (Å²) in [6.07, 6.45) is 1.77. The zero-order chi connectivity index (χ0) is 55.6. The lowest BCUT2D eigenvalue weighted by molar-refractivity contribution is -0.621. The van der Waals surface area contributed by atoms with E-state index in [1.807, 2.05) is 35.9 Å². The maximum absolute atomic E-state index is 15.7. The van der Waals surface area contributed by atoms with Gasteiger partial charge in [0.05, 0.1) is 49.0 Å². The Morgan fingerprint density at radius 3 is 2.37 bits per heavy atom. The molecule has 18 nitrogen and oxygen atoms in total. The van der Waals surface area contributed by atoms with Gasteiger partial charge in [-0.2, -0.15) is 4.73 Å². The molecule has 3 aromatic carbocycles. The van der Waals surface area contributed by atoms with Crippen molar-refractivity contribution in [3.8, 4) is 22.8 Å². The smallest absolute Gasteiger partial charge is 0.410 e. The van der Waals surface area contributed by atoms with Gasteiger partial charge in [-0.1, -0.05) is 35.3 Å². The summed E-state index contributed by atoms with van der Waals surface area (Å²) in [7, 11) is 6.48. The highest BCUT2D eigenvalue weighted by molar-refractivity contribution is 6.31. The van der Waals surface area contributed by atoms with E-state index in [0.29, 0.717) is 39.9 Å². The number of likely N-dealkylation sites (N-methyl/N-ethyl adjacent to an activating group) is 1. The number of halogens is 3. The molecule has 4 atom stereocenters. The highest BCUT2D eigenvalue weighted by Gasteiger charge is 2.46. The summed E-state index contributed by atoms with van der Waals surface area (Å²) in [5, 5.41) is 29.3. The summed E-state index contributed by atoms with van der Waals surface area (Å²) in [6.45, 7) is 8.70. The van der Waals surface area contributed by atoms with Gasteiger partial charge in [-0.3, -0.25) is 19.2 Å². The summed E-state index contributed by atoms with van der Waals surface area (Å²) in [5.74, 6) is -3.42. The first-order chi connectivity index (χ1) is 35.9. The second-order valence-corrected chi connectivity index (χ2v) is 21.2. The van der Waals surface area contributed by atoms with E-state index >= 15 is 4.39 Å². The molecule has 408 valence electrons. The molecule has 0 aliphatic carbocycles. The monoisotopic (exact) mass is 1090 g/mol. The molecule has 1 aliphatic rings. The number of aliphatic carboxylic acids is 1. The molecule has 6 rings (SSSR count). The Bertz CT molecular complexity index is 2880. The molecule has 1 saturated heterocycles. The Balaban J connectivity index is 1.15. The summed E-state index contributed by atoms with van der Waals surface area (Å²) >= 11 is 12.6. The molecule has 0 spiro atoms. The summed E-state index contributed by atoms with van der Waals surface area (Å²) < 4.78 is 35.4. The van der Waals surface area contributed by atoms with Crippen molar-refractivity contribution in [3.05, 3.63) is 134 Å². The van der Waals surface area contributed by atoms with Crippen LogP contribution in [-0.4, -0.2) is 123 Å². The van der Waals surface area contributed by atoms with Crippen molar-refractivity contribution in [2.75, 3.05) is 40.9 Å². The van der Waals surface area contributed by atoms with Gasteiger partial charge in [-0.25, -0.2) is 14.2 Å². The predicted molar refractivity (Wildman–Crippen MR) is 284 cm³/mol. The molecule has 3 N–H and O–H groups in total. The third-order valence-corrected chi connectivity index (χ3v) is 13.9. The molecule has 0 bridgehead atoms. The van der Waals surface area contributed by atoms with Crippen LogP contribution in [0.4, 0.5) is 9.18 Å². The zero-order valence-corrected chi connectivity index (χ0v) is 45.8. The highest BCUT2D eigenvalue weighted by atomic mass is 35.5. The van der Waals surface area contributed by atoms with Crippen molar-refractivity contribution in [2.24, 2.45) is 13.0 Å². The van der Waals surface area contributed by atoms with E-state index < -0.39 is 71.2 Å². The number of benzene rings is 3. The van der Waals surface area contributed by atoms with Crippen LogP contribution in [-0.2, 0) is 61.6 Å². The third kappa shape index (κ3) is 15.0. The number of methoxy groups -OCH3 is 1. The predicted octanol–water partition coefficient (Wildman–Crippen LogP) is 7.64. The fraction of sp³-hybridized carbons (Fsp3) is 0.436. The van der Waals surface area contributed by atoms with Crippen molar-refractivity contribution in [3.63, 3.8) is 0 Å². The summed E-state index contributed by atoms with van der Waals surface area (Å²) in [5.41, 5.74) is 1.43. The van der Waals surface area contributed by atoms with E-state index in [9.17, 15) is 34.3 Å². The number of piperidine rings is 1. The van der Waals surface area contributed by atoms with Gasteiger partial charge in [-0.05, 0) is 107 Å². The minimum atomic E-state index is -1.21. The van der Waals surface area contributed by atoms with Crippen LogP contribution < -0.4 is 20.1 Å². The molecule has 0 saturated carbocycles. The number of carboxylic acid groups (broad SMARTS) is 1. The lowest BCUT2D eigenvalue weighted by Crippen LogP contribution is -2.65. The number of carbonyl (C=O) groups excluding carboxylic acids is 4. The van der Waals surface area contributed by atoms with Gasteiger partial charge in [0.15, 0.2) is 11.4 Å². The molecule has 4 amide bonds. The number of rotatable bonds is 21. The number of hydrogen-bond donors (Lipinski definition) is 3. The molecule has 0 radical (unpaired) electrons. The number of likely N-dealkylation sites (tertiary alicyclic amines) is 1. The fourth-order valence-corrected chi connectivity index (χ4v) is 9.52. The van der Waals surface area contributed by atoms with Gasteiger partial charge < -0.3 is 54.4 Å². The van der Waals surface area contributed by atoms with E-state index in [1.165, 1.54) is 23.0 Å². The average molecular weight is 1090 g/mol. The summed E-state index contributed by atoms with van der Waals surface area (Å²) in [4.78, 5) is 76.9. The Hall–Kier alpha value is -6.80. The molecule has 21 heteroatoms. The zero-order valence-electron chi connectivity index (χ0n) is 44.3. The number of carboxylic acids is 1. The molecule has 1 aliphatic heterocycles. The number of imidazole rings is 1. The fourth-order valence-electron chi connectivity index (χ4n) is 9.20. The first kappa shape index (κ1) is 58.5. The van der Waals surface area contributed by atoms with Crippen LogP contribution in [0.2, 0.25) is 10.0 Å². The molecular formula is C55H67Cl2FN8O10. The van der Waals surface area contributed by atoms with Gasteiger partial charge in [0.25, 0.3) is 0 Å². The number of ether oxygens (including phenoxy) is 3. The molecule has 3 unspecified atom stereocenters. The van der Waals surface area contributed by atoms with Crippen LogP contribution in [0.5, 0.6) is 11.5 Å². The maximum atomic E-state index is 15.7. The van der Waals surface area contributed by atoms with Crippen molar-refractivity contribution in [1.29, 1.82) is 0 Å². The number of nitrogens with zero attached hydrogens (tertiary/aromatic N) is 6. The van der Waals surface area contributed by atoms with E-state index in [2.05, 4.69) is 15.6 Å². The van der Waals surface area contributed by atoms with Crippen molar-refractivity contribution < 1.29 is 52.4 Å². The van der Waals surface area contributed by atoms with Gasteiger partial charge in [-0.15, -0.1) is 0 Å². The third-order valence-electron chi connectivity index (χ3n) is 13.4. The Labute approximate surface area is 452 Å². The van der Waals surface area contributed by atoms with Crippen LogP contribution in [0.15, 0.2) is 85.1 Å². The number of aryl methyl sites for hydroxylation is 1. The topological polar surface area (TPSA) is 212 Å². The summed E-state index contributed by atoms with van der Waals surface area (Å²) in [6, 6.07) is 19.4. The van der Waals surface area contributed by atoms with Crippen molar-refractivity contribution in [2.45, 2.75) is 103 Å². The second kappa shape index (κ2) is 25.4. The van der Waals surface area contributed by atoms with Gasteiger partial charge >= 0.3 is 12.1 Å². The van der Waals surface area contributed by atoms with Crippen LogP contribution in [0.1, 0.15) is 75.3 Å². The number of nitrogens with one attached hydrogen (secondary N) is 2. The number of carbonyl (C=O) groups is 5. The van der Waals surface area contributed by atoms with Crippen molar-refractivity contribution >= 4 is 53.0 Å². The first-order valence-corrected chi connectivity index (χ1v) is 25.6. The number of amides is 4. The SMILES string of the molecule is COCC(NC(=O)C(C)NCc1c(F)cc(Cl)cc1Oc1ccc(-c2cnc(CN(C)C(=O)OC(C)(C)C)n2C)cc1)C(=O)N(C)[C@@]1(Cc2ccc(Cl)cc2)CCCN(C(=O)C(CC(=O)O)Cc2cccc(C)[n+]2[O-])C1. The molecular weight excluding hydrogens is 1020 g/mol. The normalized spacial score (nSPS) is 15.8. The standard InChI is InChI=1S/C55H67Cl2FN8O10/c1-34-12-10-13-41(66(34)73)24-38(25-49(67)68)51(70)65-23-11-22-55(33-65,28-36-14-18-39(56)19-15-36)64(8)52(71)45(32-74-9)61-50(69)35(2)59-29-43-44(58)26-40(57)27-47(43)75-42-20-16-37(17-21-42)46-30-60-48(63(46)7)31-62(6)53(72)76-54(3,4)5/h10,12-21,26-27,30,35,38,45,59H,11,22-25,28-29,31-33H2,1-9H3,(H,61,69)(H,67,68)/t35?,38?,45?,55-/m1/s1. The lowest BCUT2D eigenvalue weighted by Gasteiger charge is -2.49. The van der Waals surface area contributed by atoms with E-state index in [4.69, 9.17) is 37.4 Å². The van der Waals surface area contributed by atoms with Crippen LogP contribution in [0, 0.1) is 23.9 Å². The highest BCUT2D eigenvalue weighted by Crippen LogP contribution is 2.35. The second-order valence-electron chi connectivity index (χ2n) is 20.3.